The molecule has 0 saturated heterocycles. The summed E-state index contributed by atoms with van der Waals surface area (Å²) < 4.78 is 11.1. The lowest BCUT2D eigenvalue weighted by atomic mass is 9.97. The molecule has 3 rings (SSSR count). The lowest BCUT2D eigenvalue weighted by molar-refractivity contribution is 0.171. The number of benzene rings is 1. The Morgan fingerprint density at radius 1 is 1.21 bits per heavy atom. The highest BCUT2D eigenvalue weighted by Crippen LogP contribution is 2.34. The van der Waals surface area contributed by atoms with Crippen molar-refractivity contribution in [1.82, 2.24) is 0 Å². The molecule has 2 aliphatic heterocycles. The van der Waals surface area contributed by atoms with Gasteiger partial charge in [-0.25, -0.2) is 0 Å². The number of aliphatic imine (C=N–C) groups is 1. The standard InChI is InChI=1S/C14H18N2O2S/c1-14(2)8-15-13(19-9-14)16-10-3-4-11-12(7-10)18-6-5-17-11/h3-4,7H,5-6,8-9H2,1-2H3,(H,15,16). The van der Waals surface area contributed by atoms with Crippen molar-refractivity contribution in [3.63, 3.8) is 0 Å². The third-order valence-electron chi connectivity index (χ3n) is 3.04. The summed E-state index contributed by atoms with van der Waals surface area (Å²) in [5, 5.41) is 4.33. The minimum atomic E-state index is 0.294. The lowest BCUT2D eigenvalue weighted by Crippen LogP contribution is -2.27. The van der Waals surface area contributed by atoms with E-state index in [0.717, 1.165) is 34.7 Å². The molecular weight excluding hydrogens is 260 g/mol. The fourth-order valence-electron chi connectivity index (χ4n) is 1.96. The largest absolute Gasteiger partial charge is 0.486 e. The molecule has 0 amide bonds. The first kappa shape index (κ1) is 12.7. The average Bonchev–Trinajstić information content (AvgIpc) is 2.41. The Hall–Kier alpha value is -1.36. The Labute approximate surface area is 117 Å². The first-order valence-electron chi connectivity index (χ1n) is 6.46. The SMILES string of the molecule is CC1(C)CN=C(Nc2ccc3c(c2)OCCO3)SC1. The first-order valence-corrected chi connectivity index (χ1v) is 7.45. The molecule has 1 N–H and O–H groups in total. The maximum absolute atomic E-state index is 5.57. The van der Waals surface area contributed by atoms with Crippen LogP contribution in [0, 0.1) is 5.41 Å². The summed E-state index contributed by atoms with van der Waals surface area (Å²) in [4.78, 5) is 4.59. The molecule has 4 nitrogen and oxygen atoms in total. The zero-order valence-electron chi connectivity index (χ0n) is 11.2. The van der Waals surface area contributed by atoms with Gasteiger partial charge in [-0.3, -0.25) is 4.99 Å². The van der Waals surface area contributed by atoms with Gasteiger partial charge in [-0.2, -0.15) is 0 Å². The fourth-order valence-corrected chi connectivity index (χ4v) is 2.93. The van der Waals surface area contributed by atoms with E-state index < -0.39 is 0 Å². The molecule has 1 aromatic carbocycles. The van der Waals surface area contributed by atoms with Crippen LogP contribution in [0.3, 0.4) is 0 Å². The van der Waals surface area contributed by atoms with Crippen molar-refractivity contribution in [3.05, 3.63) is 18.2 Å². The van der Waals surface area contributed by atoms with Crippen LogP contribution in [-0.4, -0.2) is 30.7 Å². The number of anilines is 1. The topological polar surface area (TPSA) is 42.9 Å². The van der Waals surface area contributed by atoms with Crippen molar-refractivity contribution in [3.8, 4) is 11.5 Å². The van der Waals surface area contributed by atoms with E-state index >= 15 is 0 Å². The van der Waals surface area contributed by atoms with Gasteiger partial charge in [0, 0.05) is 24.1 Å². The summed E-state index contributed by atoms with van der Waals surface area (Å²) in [7, 11) is 0. The highest BCUT2D eigenvalue weighted by atomic mass is 32.2. The number of amidine groups is 1. The number of fused-ring (bicyclic) bond motifs is 1. The number of thioether (sulfide) groups is 1. The molecule has 0 saturated carbocycles. The third-order valence-corrected chi connectivity index (χ3v) is 4.47. The van der Waals surface area contributed by atoms with Crippen LogP contribution < -0.4 is 14.8 Å². The van der Waals surface area contributed by atoms with Gasteiger partial charge in [0.1, 0.15) is 13.2 Å². The Morgan fingerprint density at radius 2 is 2.00 bits per heavy atom. The second-order valence-corrected chi connectivity index (χ2v) is 6.52. The van der Waals surface area contributed by atoms with Crippen LogP contribution >= 0.6 is 11.8 Å². The molecule has 0 atom stereocenters. The van der Waals surface area contributed by atoms with Gasteiger partial charge in [0.2, 0.25) is 0 Å². The van der Waals surface area contributed by atoms with Gasteiger partial charge in [-0.15, -0.1) is 0 Å². The van der Waals surface area contributed by atoms with Crippen LogP contribution in [0.15, 0.2) is 23.2 Å². The number of hydrogen-bond acceptors (Lipinski definition) is 5. The van der Waals surface area contributed by atoms with Gasteiger partial charge >= 0.3 is 0 Å². The quantitative estimate of drug-likeness (QED) is 0.857. The molecule has 2 heterocycles. The van der Waals surface area contributed by atoms with Crippen molar-refractivity contribution >= 4 is 22.6 Å². The predicted molar refractivity (Wildman–Crippen MR) is 79.6 cm³/mol. The summed E-state index contributed by atoms with van der Waals surface area (Å²) >= 11 is 1.77. The van der Waals surface area contributed by atoms with E-state index in [2.05, 4.69) is 24.2 Å². The van der Waals surface area contributed by atoms with E-state index in [9.17, 15) is 0 Å². The average molecular weight is 278 g/mol. The molecule has 0 aromatic heterocycles. The predicted octanol–water partition coefficient (Wildman–Crippen LogP) is 3.00. The van der Waals surface area contributed by atoms with E-state index in [0.29, 0.717) is 18.6 Å². The summed E-state index contributed by atoms with van der Waals surface area (Å²) in [6, 6.07) is 5.91. The maximum atomic E-state index is 5.57. The minimum Gasteiger partial charge on any atom is -0.486 e. The Morgan fingerprint density at radius 3 is 2.74 bits per heavy atom. The smallest absolute Gasteiger partial charge is 0.163 e. The molecule has 102 valence electrons. The van der Waals surface area contributed by atoms with Crippen molar-refractivity contribution in [2.75, 3.05) is 30.8 Å². The second kappa shape index (κ2) is 4.96. The monoisotopic (exact) mass is 278 g/mol. The molecule has 0 bridgehead atoms. The number of rotatable bonds is 1. The molecule has 0 radical (unpaired) electrons. The molecule has 0 spiro atoms. The summed E-state index contributed by atoms with van der Waals surface area (Å²) in [5.41, 5.74) is 1.29. The van der Waals surface area contributed by atoms with E-state index in [1.807, 2.05) is 18.2 Å². The van der Waals surface area contributed by atoms with Gasteiger partial charge < -0.3 is 14.8 Å². The molecule has 2 aliphatic rings. The molecule has 0 aliphatic carbocycles. The normalized spacial score (nSPS) is 20.6. The highest BCUT2D eigenvalue weighted by Gasteiger charge is 2.23. The van der Waals surface area contributed by atoms with Crippen molar-refractivity contribution < 1.29 is 9.47 Å². The molecule has 0 unspecified atom stereocenters. The minimum absolute atomic E-state index is 0.294. The Balaban J connectivity index is 1.72. The van der Waals surface area contributed by atoms with Gasteiger partial charge in [-0.05, 0) is 17.5 Å². The van der Waals surface area contributed by atoms with Crippen molar-refractivity contribution in [2.24, 2.45) is 10.4 Å². The highest BCUT2D eigenvalue weighted by molar-refractivity contribution is 8.14. The van der Waals surface area contributed by atoms with Gasteiger partial charge in [0.05, 0.1) is 0 Å². The van der Waals surface area contributed by atoms with E-state index in [1.165, 1.54) is 0 Å². The van der Waals surface area contributed by atoms with Crippen molar-refractivity contribution in [2.45, 2.75) is 13.8 Å². The van der Waals surface area contributed by atoms with Gasteiger partial charge in [0.25, 0.3) is 0 Å². The molecule has 5 heteroatoms. The van der Waals surface area contributed by atoms with Gasteiger partial charge in [-0.1, -0.05) is 25.6 Å². The van der Waals surface area contributed by atoms with E-state index in [4.69, 9.17) is 9.47 Å². The number of nitrogens with one attached hydrogen (secondary N) is 1. The summed E-state index contributed by atoms with van der Waals surface area (Å²) in [6.45, 7) is 6.58. The second-order valence-electron chi connectivity index (χ2n) is 5.56. The number of ether oxygens (including phenoxy) is 2. The van der Waals surface area contributed by atoms with E-state index in [1.54, 1.807) is 11.8 Å². The van der Waals surface area contributed by atoms with Crippen LogP contribution in [0.2, 0.25) is 0 Å². The van der Waals surface area contributed by atoms with Crippen LogP contribution in [0.4, 0.5) is 5.69 Å². The van der Waals surface area contributed by atoms with Crippen LogP contribution in [-0.2, 0) is 0 Å². The van der Waals surface area contributed by atoms with Gasteiger partial charge in [0.15, 0.2) is 16.7 Å². The Bertz CT molecular complexity index is 514. The summed E-state index contributed by atoms with van der Waals surface area (Å²) in [6.07, 6.45) is 0. The van der Waals surface area contributed by atoms with Crippen LogP contribution in [0.1, 0.15) is 13.8 Å². The number of nitrogens with zero attached hydrogens (tertiary/aromatic N) is 1. The zero-order chi connectivity index (χ0) is 13.3. The third kappa shape index (κ3) is 2.97. The summed E-state index contributed by atoms with van der Waals surface area (Å²) in [5.74, 6) is 2.71. The Kier molecular flexibility index (Phi) is 3.31. The molecule has 0 fully saturated rings. The molecule has 1 aromatic rings. The number of hydrogen-bond donors (Lipinski definition) is 1. The van der Waals surface area contributed by atoms with Crippen molar-refractivity contribution in [1.29, 1.82) is 0 Å². The van der Waals surface area contributed by atoms with E-state index in [-0.39, 0.29) is 0 Å². The lowest BCUT2D eigenvalue weighted by Gasteiger charge is -2.27. The fraction of sp³-hybridized carbons (Fsp3) is 0.500. The first-order chi connectivity index (χ1) is 9.12. The van der Waals surface area contributed by atoms with Crippen LogP contribution in [0.25, 0.3) is 0 Å². The maximum Gasteiger partial charge on any atom is 0.163 e. The molecule has 19 heavy (non-hydrogen) atoms. The molecular formula is C14H18N2O2S. The zero-order valence-corrected chi connectivity index (χ0v) is 12.0. The van der Waals surface area contributed by atoms with Crippen LogP contribution in [0.5, 0.6) is 11.5 Å².